The first-order valence-corrected chi connectivity index (χ1v) is 9.12. The van der Waals surface area contributed by atoms with Crippen LogP contribution in [0, 0.1) is 0 Å². The third-order valence-electron chi connectivity index (χ3n) is 3.45. The van der Waals surface area contributed by atoms with Crippen molar-refractivity contribution in [1.82, 2.24) is 0 Å². The lowest BCUT2D eigenvalue weighted by Gasteiger charge is -2.15. The molecule has 0 bridgehead atoms. The zero-order valence-corrected chi connectivity index (χ0v) is 15.6. The monoisotopic (exact) mass is 374 g/mol. The fraction of sp³-hybridized carbons (Fsp3) is 0.167. The Hall–Kier alpha value is -2.44. The van der Waals surface area contributed by atoms with Gasteiger partial charge in [-0.1, -0.05) is 65.5 Å². The molecule has 0 saturated carbocycles. The molecular formula is C18H19N2O5P. The average molecular weight is 374 g/mol. The van der Waals surface area contributed by atoms with E-state index in [0.717, 1.165) is 0 Å². The van der Waals surface area contributed by atoms with E-state index < -0.39 is 19.3 Å². The lowest BCUT2D eigenvalue weighted by Crippen LogP contribution is -2.24. The summed E-state index contributed by atoms with van der Waals surface area (Å²) in [5.41, 5.74) is 0.293. The van der Waals surface area contributed by atoms with Gasteiger partial charge in [0.05, 0.1) is 0 Å². The molecule has 0 amide bonds. The topological polar surface area (TPSA) is 86.6 Å². The highest BCUT2D eigenvalue weighted by Crippen LogP contribution is 2.50. The molecule has 2 aromatic rings. The Balaban J connectivity index is 2.55. The van der Waals surface area contributed by atoms with Crippen molar-refractivity contribution in [1.29, 1.82) is 0 Å². The molecule has 8 heteroatoms. The van der Waals surface area contributed by atoms with Gasteiger partial charge < -0.3 is 13.6 Å². The number of carbonyl (C=O) groups is 2. The van der Waals surface area contributed by atoms with Crippen LogP contribution >= 0.6 is 7.74 Å². The van der Waals surface area contributed by atoms with E-state index in [-0.39, 0.29) is 5.71 Å². The summed E-state index contributed by atoms with van der Waals surface area (Å²) in [6.45, 7) is 0. The van der Waals surface area contributed by atoms with Gasteiger partial charge in [-0.2, -0.15) is 0 Å². The molecule has 26 heavy (non-hydrogen) atoms. The summed E-state index contributed by atoms with van der Waals surface area (Å²) in [7, 11) is 0.912. The van der Waals surface area contributed by atoms with Crippen molar-refractivity contribution in [3.05, 3.63) is 71.8 Å². The zero-order chi connectivity index (χ0) is 19.0. The Morgan fingerprint density at radius 3 is 1.46 bits per heavy atom. The van der Waals surface area contributed by atoms with Crippen LogP contribution in [0.1, 0.15) is 20.7 Å². The normalized spacial score (nSPS) is 10.9. The van der Waals surface area contributed by atoms with Crippen LogP contribution in [0.5, 0.6) is 0 Å². The van der Waals surface area contributed by atoms with Crippen molar-refractivity contribution in [2.45, 2.75) is 0 Å². The van der Waals surface area contributed by atoms with Gasteiger partial charge in [0, 0.05) is 32.5 Å². The SMILES string of the molecule is COP(=NN=C(C(=O)c1ccccc1)C(=O)c1ccccc1)(OC)OC. The van der Waals surface area contributed by atoms with Crippen LogP contribution in [0.2, 0.25) is 0 Å². The van der Waals surface area contributed by atoms with Gasteiger partial charge in [0.1, 0.15) is 0 Å². The summed E-state index contributed by atoms with van der Waals surface area (Å²) in [5, 5.41) is 3.88. The third kappa shape index (κ3) is 4.59. The van der Waals surface area contributed by atoms with Crippen molar-refractivity contribution in [2.24, 2.45) is 9.96 Å². The molecule has 0 atom stereocenters. The fourth-order valence-corrected chi connectivity index (χ4v) is 2.94. The first-order valence-electron chi connectivity index (χ1n) is 7.63. The lowest BCUT2D eigenvalue weighted by atomic mass is 9.99. The van der Waals surface area contributed by atoms with Crippen molar-refractivity contribution in [3.8, 4) is 0 Å². The molecule has 0 aliphatic carbocycles. The quantitative estimate of drug-likeness (QED) is 0.229. The van der Waals surface area contributed by atoms with Crippen molar-refractivity contribution in [2.75, 3.05) is 21.3 Å². The van der Waals surface area contributed by atoms with E-state index in [1.165, 1.54) is 21.3 Å². The van der Waals surface area contributed by atoms with Gasteiger partial charge in [-0.15, -0.1) is 5.10 Å². The maximum absolute atomic E-state index is 12.8. The molecular weight excluding hydrogens is 355 g/mol. The first-order chi connectivity index (χ1) is 12.6. The van der Waals surface area contributed by atoms with Crippen LogP contribution in [0.4, 0.5) is 0 Å². The van der Waals surface area contributed by atoms with E-state index >= 15 is 0 Å². The Morgan fingerprint density at radius 2 is 1.12 bits per heavy atom. The van der Waals surface area contributed by atoms with E-state index in [4.69, 9.17) is 13.6 Å². The van der Waals surface area contributed by atoms with Gasteiger partial charge in [-0.3, -0.25) is 9.59 Å². The van der Waals surface area contributed by atoms with Gasteiger partial charge in [-0.05, 0) is 0 Å². The number of rotatable bonds is 8. The fourth-order valence-electron chi connectivity index (χ4n) is 2.08. The van der Waals surface area contributed by atoms with Crippen LogP contribution < -0.4 is 0 Å². The molecule has 0 heterocycles. The Bertz CT molecular complexity index is 778. The second-order valence-corrected chi connectivity index (χ2v) is 7.16. The number of benzene rings is 2. The van der Waals surface area contributed by atoms with E-state index in [2.05, 4.69) is 9.96 Å². The number of hydrogen-bond donors (Lipinski definition) is 0. The minimum atomic E-state index is -3.12. The van der Waals surface area contributed by atoms with Crippen molar-refractivity contribution < 1.29 is 23.2 Å². The minimum Gasteiger partial charge on any atom is -0.305 e. The second kappa shape index (κ2) is 9.31. The minimum absolute atomic E-state index is 0.321. The highest BCUT2D eigenvalue weighted by Gasteiger charge is 2.25. The number of carbonyl (C=O) groups excluding carboxylic acids is 2. The number of ketones is 2. The van der Waals surface area contributed by atoms with Crippen molar-refractivity contribution >= 4 is 25.0 Å². The van der Waals surface area contributed by atoms with Crippen LogP contribution in [-0.2, 0) is 13.6 Å². The summed E-state index contributed by atoms with van der Waals surface area (Å²) >= 11 is 0. The summed E-state index contributed by atoms with van der Waals surface area (Å²) in [5.74, 6) is -1.10. The zero-order valence-electron chi connectivity index (χ0n) is 14.7. The Kier molecular flexibility index (Phi) is 7.12. The van der Waals surface area contributed by atoms with E-state index in [0.29, 0.717) is 11.1 Å². The van der Waals surface area contributed by atoms with Gasteiger partial charge in [0.2, 0.25) is 11.6 Å². The van der Waals surface area contributed by atoms with Crippen LogP contribution in [0.3, 0.4) is 0 Å². The molecule has 0 spiro atoms. The molecule has 0 N–H and O–H groups in total. The predicted octanol–water partition coefficient (Wildman–Crippen LogP) is 3.99. The molecule has 0 aromatic heterocycles. The van der Waals surface area contributed by atoms with Crippen molar-refractivity contribution in [3.63, 3.8) is 0 Å². The summed E-state index contributed by atoms with van der Waals surface area (Å²) < 4.78 is 15.4. The molecule has 0 saturated heterocycles. The molecule has 2 aromatic carbocycles. The van der Waals surface area contributed by atoms with Gasteiger partial charge >= 0.3 is 7.74 Å². The number of Topliss-reactive ketones (excluding diaryl/α,β-unsaturated/α-hetero) is 2. The largest absolute Gasteiger partial charge is 0.378 e. The van der Waals surface area contributed by atoms with E-state index in [9.17, 15) is 9.59 Å². The summed E-state index contributed by atoms with van der Waals surface area (Å²) in [6.07, 6.45) is 0. The van der Waals surface area contributed by atoms with Crippen LogP contribution in [-0.4, -0.2) is 38.6 Å². The van der Waals surface area contributed by atoms with E-state index in [1.807, 2.05) is 0 Å². The molecule has 0 radical (unpaired) electrons. The highest BCUT2D eigenvalue weighted by atomic mass is 31.2. The van der Waals surface area contributed by atoms with Gasteiger partial charge in [0.15, 0.2) is 5.71 Å². The summed E-state index contributed by atoms with van der Waals surface area (Å²) in [4.78, 5) is 29.5. The molecule has 2 rings (SSSR count). The standard InChI is InChI=1S/C18H19N2O5P/c1-23-26(24-2,25-3)20-19-16(17(21)14-10-6-4-7-11-14)18(22)15-12-8-5-9-13-15/h4-13H,1-3H3. The van der Waals surface area contributed by atoms with Crippen LogP contribution in [0.25, 0.3) is 0 Å². The molecule has 0 aliphatic heterocycles. The Morgan fingerprint density at radius 1 is 0.731 bits per heavy atom. The van der Waals surface area contributed by atoms with Gasteiger partial charge in [-0.25, -0.2) is 0 Å². The smallest absolute Gasteiger partial charge is 0.305 e. The molecule has 0 aliphatic rings. The molecule has 7 nitrogen and oxygen atoms in total. The maximum Gasteiger partial charge on any atom is 0.378 e. The maximum atomic E-state index is 12.8. The van der Waals surface area contributed by atoms with Gasteiger partial charge in [0.25, 0.3) is 0 Å². The molecule has 0 fully saturated rings. The lowest BCUT2D eigenvalue weighted by molar-refractivity contribution is 0.102. The Labute approximate surface area is 151 Å². The van der Waals surface area contributed by atoms with Crippen LogP contribution in [0.15, 0.2) is 70.6 Å². The predicted molar refractivity (Wildman–Crippen MR) is 99.4 cm³/mol. The number of hydrogen-bond acceptors (Lipinski definition) is 6. The first kappa shape index (κ1) is 19.9. The highest BCUT2D eigenvalue weighted by molar-refractivity contribution is 7.51. The summed E-state index contributed by atoms with van der Waals surface area (Å²) in [6, 6.07) is 16.7. The molecule has 136 valence electrons. The second-order valence-electron chi connectivity index (χ2n) is 4.94. The third-order valence-corrected chi connectivity index (χ3v) is 5.14. The average Bonchev–Trinajstić information content (AvgIpc) is 2.72. The molecule has 0 unspecified atom stereocenters. The van der Waals surface area contributed by atoms with E-state index in [1.54, 1.807) is 60.7 Å². The number of nitrogens with zero attached hydrogens (tertiary/aromatic N) is 2.